The predicted octanol–water partition coefficient (Wildman–Crippen LogP) is 3.15. The van der Waals surface area contributed by atoms with E-state index < -0.39 is 24.3 Å². The summed E-state index contributed by atoms with van der Waals surface area (Å²) in [7, 11) is 0. The lowest BCUT2D eigenvalue weighted by molar-refractivity contribution is -0.193. The largest absolute Gasteiger partial charge is 0.490 e. The van der Waals surface area contributed by atoms with Crippen LogP contribution in [0.4, 0.5) is 26.3 Å². The van der Waals surface area contributed by atoms with Gasteiger partial charge in [0.25, 0.3) is 0 Å². The van der Waals surface area contributed by atoms with Crippen molar-refractivity contribution in [2.75, 3.05) is 13.1 Å². The van der Waals surface area contributed by atoms with Gasteiger partial charge < -0.3 is 15.5 Å². The highest BCUT2D eigenvalue weighted by molar-refractivity contribution is 6.30. The zero-order chi connectivity index (χ0) is 22.4. The number of aliphatic carboxylic acids is 2. The van der Waals surface area contributed by atoms with Crippen molar-refractivity contribution in [2.45, 2.75) is 37.4 Å². The number of likely N-dealkylation sites (tertiary alicyclic amines) is 1. The number of carboxylic acids is 2. The van der Waals surface area contributed by atoms with Gasteiger partial charge in [-0.2, -0.15) is 26.3 Å². The van der Waals surface area contributed by atoms with Gasteiger partial charge in [0, 0.05) is 36.7 Å². The quantitative estimate of drug-likeness (QED) is 0.600. The molecule has 6 nitrogen and oxygen atoms in total. The van der Waals surface area contributed by atoms with Crippen molar-refractivity contribution in [1.29, 1.82) is 0 Å². The van der Waals surface area contributed by atoms with Crippen LogP contribution in [-0.2, 0) is 16.1 Å². The number of benzene rings is 1. The van der Waals surface area contributed by atoms with Crippen molar-refractivity contribution in [2.24, 2.45) is 0 Å². The molecule has 0 unspecified atom stereocenters. The zero-order valence-corrected chi connectivity index (χ0v) is 15.4. The van der Waals surface area contributed by atoms with Crippen LogP contribution >= 0.6 is 11.6 Å². The monoisotopic (exact) mass is 450 g/mol. The fourth-order valence-electron chi connectivity index (χ4n) is 2.71. The third-order valence-corrected chi connectivity index (χ3v) is 4.16. The highest BCUT2D eigenvalue weighted by Gasteiger charge is 2.39. The number of hydrogen-bond donors (Lipinski definition) is 3. The second-order valence-corrected chi connectivity index (χ2v) is 6.60. The van der Waals surface area contributed by atoms with E-state index in [1.54, 1.807) is 0 Å². The summed E-state index contributed by atoms with van der Waals surface area (Å²) >= 11 is 5.98. The molecule has 2 aliphatic heterocycles. The summed E-state index contributed by atoms with van der Waals surface area (Å²) in [6.45, 7) is 3.39. The molecule has 0 radical (unpaired) electrons. The van der Waals surface area contributed by atoms with E-state index in [0.717, 1.165) is 30.2 Å². The average Bonchev–Trinajstić information content (AvgIpc) is 3.17. The minimum Gasteiger partial charge on any atom is -0.475 e. The first-order valence-electron chi connectivity index (χ1n) is 8.02. The standard InChI is InChI=1S/C12H15ClN2.2C2HF3O2/c13-10-3-1-2-9(4-10)7-15-8-11-5-12(15)6-14-11;2*3-2(4,5)1(6)7/h1-4,11-12,14H,5-8H2;2*(H,6,7)/t11-,12-;;/m0../s1. The average molecular weight is 451 g/mol. The summed E-state index contributed by atoms with van der Waals surface area (Å²) in [6.07, 6.45) is -8.85. The lowest BCUT2D eigenvalue weighted by atomic mass is 10.2. The SMILES string of the molecule is Clc1cccc(CN2C[C@@H]3C[C@H]2CN3)c1.O=C(O)C(F)(F)F.O=C(O)C(F)(F)F. The number of fused-ring (bicyclic) bond motifs is 2. The van der Waals surface area contributed by atoms with Crippen LogP contribution in [-0.4, -0.2) is 64.6 Å². The number of carboxylic acid groups (broad SMARTS) is 2. The van der Waals surface area contributed by atoms with Crippen LogP contribution in [0.25, 0.3) is 0 Å². The van der Waals surface area contributed by atoms with E-state index in [2.05, 4.69) is 22.3 Å². The molecule has 2 saturated heterocycles. The van der Waals surface area contributed by atoms with E-state index in [4.69, 9.17) is 31.4 Å². The van der Waals surface area contributed by atoms with Gasteiger partial charge in [0.1, 0.15) is 0 Å². The number of piperazine rings is 1. The fourth-order valence-corrected chi connectivity index (χ4v) is 2.92. The number of carbonyl (C=O) groups is 2. The van der Waals surface area contributed by atoms with Gasteiger partial charge in [0.2, 0.25) is 0 Å². The molecule has 29 heavy (non-hydrogen) atoms. The molecular weight excluding hydrogens is 434 g/mol. The number of hydrogen-bond acceptors (Lipinski definition) is 4. The summed E-state index contributed by atoms with van der Waals surface area (Å²) in [6, 6.07) is 9.67. The van der Waals surface area contributed by atoms with Crippen LogP contribution < -0.4 is 5.32 Å². The van der Waals surface area contributed by atoms with E-state index in [1.807, 2.05) is 12.1 Å². The van der Waals surface area contributed by atoms with Gasteiger partial charge >= 0.3 is 24.3 Å². The van der Waals surface area contributed by atoms with Gasteiger partial charge in [0.05, 0.1) is 0 Å². The molecule has 2 fully saturated rings. The Morgan fingerprint density at radius 1 is 1.10 bits per heavy atom. The fraction of sp³-hybridized carbons (Fsp3) is 0.500. The Balaban J connectivity index is 0.000000255. The third-order valence-electron chi connectivity index (χ3n) is 3.93. The second kappa shape index (κ2) is 10.1. The molecule has 2 bridgehead atoms. The first-order valence-corrected chi connectivity index (χ1v) is 8.40. The van der Waals surface area contributed by atoms with E-state index in [1.165, 1.54) is 18.5 Å². The Morgan fingerprint density at radius 3 is 1.97 bits per heavy atom. The Kier molecular flexibility index (Phi) is 8.72. The van der Waals surface area contributed by atoms with Gasteiger partial charge in [-0.1, -0.05) is 23.7 Å². The molecule has 3 N–H and O–H groups in total. The summed E-state index contributed by atoms with van der Waals surface area (Å²) in [5.41, 5.74) is 1.33. The number of alkyl halides is 6. The maximum atomic E-state index is 10.6. The van der Waals surface area contributed by atoms with Crippen molar-refractivity contribution < 1.29 is 46.1 Å². The van der Waals surface area contributed by atoms with E-state index in [0.29, 0.717) is 0 Å². The van der Waals surface area contributed by atoms with Crippen LogP contribution in [0.2, 0.25) is 5.02 Å². The van der Waals surface area contributed by atoms with Crippen molar-refractivity contribution in [1.82, 2.24) is 10.2 Å². The van der Waals surface area contributed by atoms with Crippen molar-refractivity contribution in [3.8, 4) is 0 Å². The molecule has 164 valence electrons. The molecule has 0 amide bonds. The maximum Gasteiger partial charge on any atom is 0.490 e. The van der Waals surface area contributed by atoms with Gasteiger partial charge in [-0.25, -0.2) is 9.59 Å². The molecule has 2 aliphatic rings. The van der Waals surface area contributed by atoms with Crippen molar-refractivity contribution in [3.05, 3.63) is 34.9 Å². The zero-order valence-electron chi connectivity index (χ0n) is 14.6. The van der Waals surface area contributed by atoms with Crippen molar-refractivity contribution in [3.63, 3.8) is 0 Å². The number of nitrogens with zero attached hydrogens (tertiary/aromatic N) is 1. The van der Waals surface area contributed by atoms with Crippen LogP contribution in [0, 0.1) is 0 Å². The van der Waals surface area contributed by atoms with Gasteiger partial charge in [-0.05, 0) is 24.1 Å². The molecule has 1 aromatic carbocycles. The summed E-state index contributed by atoms with van der Waals surface area (Å²) in [5, 5.41) is 18.6. The van der Waals surface area contributed by atoms with Gasteiger partial charge in [0.15, 0.2) is 0 Å². The lowest BCUT2D eigenvalue weighted by Crippen LogP contribution is -2.42. The maximum absolute atomic E-state index is 10.6. The van der Waals surface area contributed by atoms with Crippen molar-refractivity contribution >= 4 is 23.5 Å². The Bertz CT molecular complexity index is 689. The molecule has 2 atom stereocenters. The molecule has 0 aliphatic carbocycles. The summed E-state index contributed by atoms with van der Waals surface area (Å²) < 4.78 is 63.5. The van der Waals surface area contributed by atoms with Gasteiger partial charge in [-0.3, -0.25) is 4.90 Å². The summed E-state index contributed by atoms with van der Waals surface area (Å²) in [4.78, 5) is 20.4. The van der Waals surface area contributed by atoms with Gasteiger partial charge in [-0.15, -0.1) is 0 Å². The van der Waals surface area contributed by atoms with Crippen LogP contribution in [0.3, 0.4) is 0 Å². The lowest BCUT2D eigenvalue weighted by Gasteiger charge is -2.27. The molecule has 0 aromatic heterocycles. The number of nitrogens with one attached hydrogen (secondary N) is 1. The smallest absolute Gasteiger partial charge is 0.475 e. The highest BCUT2D eigenvalue weighted by Crippen LogP contribution is 2.25. The Labute approximate surface area is 166 Å². The Hall–Kier alpha value is -2.05. The van der Waals surface area contributed by atoms with E-state index in [-0.39, 0.29) is 0 Å². The molecule has 0 saturated carbocycles. The molecule has 3 rings (SSSR count). The minimum atomic E-state index is -5.08. The number of rotatable bonds is 2. The van der Waals surface area contributed by atoms with Crippen LogP contribution in [0.1, 0.15) is 12.0 Å². The Morgan fingerprint density at radius 2 is 1.62 bits per heavy atom. The van der Waals surface area contributed by atoms with E-state index >= 15 is 0 Å². The second-order valence-electron chi connectivity index (χ2n) is 6.16. The molecule has 13 heteroatoms. The minimum absolute atomic E-state index is 0.731. The van der Waals surface area contributed by atoms with Crippen LogP contribution in [0.15, 0.2) is 24.3 Å². The third kappa shape index (κ3) is 8.88. The highest BCUT2D eigenvalue weighted by atomic mass is 35.5. The summed E-state index contributed by atoms with van der Waals surface area (Å²) in [5.74, 6) is -5.51. The first kappa shape index (κ1) is 25.0. The molecule has 1 aromatic rings. The molecule has 0 spiro atoms. The topological polar surface area (TPSA) is 89.9 Å². The van der Waals surface area contributed by atoms with E-state index in [9.17, 15) is 26.3 Å². The molecular formula is C16H17ClF6N2O4. The van der Waals surface area contributed by atoms with Crippen LogP contribution in [0.5, 0.6) is 0 Å². The normalized spacial score (nSPS) is 20.9. The molecule has 2 heterocycles. The first-order chi connectivity index (χ1) is 13.2. The number of halogens is 7. The predicted molar refractivity (Wildman–Crippen MR) is 89.4 cm³/mol.